The van der Waals surface area contributed by atoms with Gasteiger partial charge in [-0.3, -0.25) is 9.48 Å². The fraction of sp³-hybridized carbons (Fsp3) is 0.467. The van der Waals surface area contributed by atoms with E-state index in [0.717, 1.165) is 48.0 Å². The van der Waals surface area contributed by atoms with Crippen LogP contribution in [0.4, 0.5) is 5.82 Å². The smallest absolute Gasteiger partial charge is 0.269 e. The molecule has 0 atom stereocenters. The first-order valence-electron chi connectivity index (χ1n) is 7.43. The van der Waals surface area contributed by atoms with Gasteiger partial charge in [0.2, 0.25) is 0 Å². The van der Waals surface area contributed by atoms with Gasteiger partial charge in [-0.2, -0.15) is 5.10 Å². The summed E-state index contributed by atoms with van der Waals surface area (Å²) in [6, 6.07) is 1.98. The van der Waals surface area contributed by atoms with Crippen LogP contribution in [0.15, 0.2) is 6.07 Å². The van der Waals surface area contributed by atoms with E-state index in [2.05, 4.69) is 20.0 Å². The molecule has 3 heterocycles. The van der Waals surface area contributed by atoms with Crippen molar-refractivity contribution in [3.8, 4) is 0 Å². The second-order valence-corrected chi connectivity index (χ2v) is 5.57. The minimum absolute atomic E-state index is 0.365. The number of hydrogen-bond donors (Lipinski definition) is 1. The molecule has 7 heteroatoms. The third kappa shape index (κ3) is 2.43. The van der Waals surface area contributed by atoms with Crippen molar-refractivity contribution in [3.63, 3.8) is 0 Å². The van der Waals surface area contributed by atoms with E-state index in [1.165, 1.54) is 0 Å². The van der Waals surface area contributed by atoms with Crippen LogP contribution in [0.5, 0.6) is 0 Å². The van der Waals surface area contributed by atoms with E-state index in [0.29, 0.717) is 12.2 Å². The van der Waals surface area contributed by atoms with Crippen LogP contribution in [0.2, 0.25) is 0 Å². The lowest BCUT2D eigenvalue weighted by molar-refractivity contribution is 0.0994. The average molecular weight is 300 g/mol. The standard InChI is InChI=1S/C15H20N6O/c1-4-12-17-9(2)7-13(18-12)21-6-5-11-10(8-21)14(15(16)22)19-20(11)3/h7H,4-6,8H2,1-3H3,(H2,16,22). The third-order valence-electron chi connectivity index (χ3n) is 4.00. The molecule has 116 valence electrons. The summed E-state index contributed by atoms with van der Waals surface area (Å²) in [5.74, 6) is 1.25. The molecule has 0 saturated carbocycles. The number of aryl methyl sites for hydroxylation is 3. The minimum atomic E-state index is -0.480. The van der Waals surface area contributed by atoms with Gasteiger partial charge in [0.05, 0.1) is 0 Å². The van der Waals surface area contributed by atoms with Gasteiger partial charge in [-0.15, -0.1) is 0 Å². The monoisotopic (exact) mass is 300 g/mol. The van der Waals surface area contributed by atoms with E-state index in [1.54, 1.807) is 4.68 Å². The summed E-state index contributed by atoms with van der Waals surface area (Å²) < 4.78 is 1.76. The molecule has 3 rings (SSSR count). The number of hydrogen-bond acceptors (Lipinski definition) is 5. The fourth-order valence-electron chi connectivity index (χ4n) is 2.92. The van der Waals surface area contributed by atoms with Crippen molar-refractivity contribution in [1.29, 1.82) is 0 Å². The van der Waals surface area contributed by atoms with Crippen LogP contribution < -0.4 is 10.6 Å². The number of primary amides is 1. The zero-order chi connectivity index (χ0) is 15.9. The molecule has 0 radical (unpaired) electrons. The number of anilines is 1. The number of aromatic nitrogens is 4. The van der Waals surface area contributed by atoms with E-state index < -0.39 is 5.91 Å². The summed E-state index contributed by atoms with van der Waals surface area (Å²) in [5.41, 5.74) is 8.75. The predicted molar refractivity (Wildman–Crippen MR) is 82.6 cm³/mol. The Bertz CT molecular complexity index is 736. The Morgan fingerprint density at radius 2 is 2.18 bits per heavy atom. The summed E-state index contributed by atoms with van der Waals surface area (Å²) in [6.07, 6.45) is 1.61. The van der Waals surface area contributed by atoms with Crippen LogP contribution in [0, 0.1) is 6.92 Å². The average Bonchev–Trinajstić information content (AvgIpc) is 2.83. The number of carbonyl (C=O) groups excluding carboxylic acids is 1. The normalized spacial score (nSPS) is 14.0. The van der Waals surface area contributed by atoms with E-state index >= 15 is 0 Å². The molecule has 22 heavy (non-hydrogen) atoms. The van der Waals surface area contributed by atoms with Crippen LogP contribution in [0.3, 0.4) is 0 Å². The number of carbonyl (C=O) groups is 1. The van der Waals surface area contributed by atoms with Gasteiger partial charge in [-0.25, -0.2) is 9.97 Å². The minimum Gasteiger partial charge on any atom is -0.364 e. The summed E-state index contributed by atoms with van der Waals surface area (Å²) in [5, 5.41) is 4.25. The Kier molecular flexibility index (Phi) is 3.56. The van der Waals surface area contributed by atoms with Gasteiger partial charge in [0.15, 0.2) is 5.69 Å². The largest absolute Gasteiger partial charge is 0.364 e. The molecule has 0 unspecified atom stereocenters. The maximum absolute atomic E-state index is 11.6. The Balaban J connectivity index is 1.97. The number of rotatable bonds is 3. The van der Waals surface area contributed by atoms with Crippen molar-refractivity contribution in [2.75, 3.05) is 11.4 Å². The summed E-state index contributed by atoms with van der Waals surface area (Å²) in [6.45, 7) is 5.45. The van der Waals surface area contributed by atoms with Crippen LogP contribution in [-0.4, -0.2) is 32.2 Å². The van der Waals surface area contributed by atoms with E-state index in [4.69, 9.17) is 5.73 Å². The first-order valence-corrected chi connectivity index (χ1v) is 7.43. The van der Waals surface area contributed by atoms with Crippen molar-refractivity contribution >= 4 is 11.7 Å². The van der Waals surface area contributed by atoms with Crippen molar-refractivity contribution in [1.82, 2.24) is 19.7 Å². The van der Waals surface area contributed by atoms with Crippen LogP contribution in [0.25, 0.3) is 0 Å². The van der Waals surface area contributed by atoms with E-state index in [1.807, 2.05) is 27.0 Å². The predicted octanol–water partition coefficient (Wildman–Crippen LogP) is 0.743. The van der Waals surface area contributed by atoms with Crippen molar-refractivity contribution in [2.45, 2.75) is 33.2 Å². The Morgan fingerprint density at radius 3 is 2.86 bits per heavy atom. The van der Waals surface area contributed by atoms with Gasteiger partial charge in [0.1, 0.15) is 11.6 Å². The van der Waals surface area contributed by atoms with Crippen LogP contribution in [-0.2, 0) is 26.4 Å². The molecule has 0 spiro atoms. The topological polar surface area (TPSA) is 89.9 Å². The van der Waals surface area contributed by atoms with Crippen LogP contribution >= 0.6 is 0 Å². The van der Waals surface area contributed by atoms with Crippen molar-refractivity contribution < 1.29 is 4.79 Å². The quantitative estimate of drug-likeness (QED) is 0.903. The summed E-state index contributed by atoms with van der Waals surface area (Å²) >= 11 is 0. The number of nitrogens with zero attached hydrogens (tertiary/aromatic N) is 5. The maximum Gasteiger partial charge on any atom is 0.269 e. The number of fused-ring (bicyclic) bond motifs is 1. The fourth-order valence-corrected chi connectivity index (χ4v) is 2.92. The molecule has 7 nitrogen and oxygen atoms in total. The molecule has 2 aromatic rings. The molecule has 0 saturated heterocycles. The lowest BCUT2D eigenvalue weighted by Gasteiger charge is -2.28. The molecule has 1 aliphatic rings. The van der Waals surface area contributed by atoms with Crippen molar-refractivity contribution in [3.05, 3.63) is 34.5 Å². The van der Waals surface area contributed by atoms with Gasteiger partial charge in [-0.1, -0.05) is 6.92 Å². The highest BCUT2D eigenvalue weighted by atomic mass is 16.1. The van der Waals surface area contributed by atoms with Gasteiger partial charge < -0.3 is 10.6 Å². The lowest BCUT2D eigenvalue weighted by Crippen LogP contribution is -2.32. The lowest BCUT2D eigenvalue weighted by atomic mass is 10.0. The molecule has 0 fully saturated rings. The van der Waals surface area contributed by atoms with Gasteiger partial charge in [0.25, 0.3) is 5.91 Å². The molecule has 0 aromatic carbocycles. The molecule has 2 aromatic heterocycles. The Hall–Kier alpha value is -2.44. The number of amides is 1. The molecule has 1 amide bonds. The highest BCUT2D eigenvalue weighted by Crippen LogP contribution is 2.25. The Labute approximate surface area is 129 Å². The first kappa shape index (κ1) is 14.5. The summed E-state index contributed by atoms with van der Waals surface area (Å²) in [7, 11) is 1.85. The molecule has 0 aliphatic carbocycles. The molecule has 0 bridgehead atoms. The van der Waals surface area contributed by atoms with E-state index in [-0.39, 0.29) is 0 Å². The third-order valence-corrected chi connectivity index (χ3v) is 4.00. The SMILES string of the molecule is CCc1nc(C)cc(N2CCc3c(c(C(N)=O)nn3C)C2)n1. The molecule has 2 N–H and O–H groups in total. The van der Waals surface area contributed by atoms with Crippen LogP contribution in [0.1, 0.15) is 40.2 Å². The molecular formula is C15H20N6O. The van der Waals surface area contributed by atoms with Gasteiger partial charge in [-0.05, 0) is 6.92 Å². The second-order valence-electron chi connectivity index (χ2n) is 5.57. The summed E-state index contributed by atoms with van der Waals surface area (Å²) in [4.78, 5) is 22.8. The highest BCUT2D eigenvalue weighted by molar-refractivity contribution is 5.92. The van der Waals surface area contributed by atoms with E-state index in [9.17, 15) is 4.79 Å². The maximum atomic E-state index is 11.6. The highest BCUT2D eigenvalue weighted by Gasteiger charge is 2.27. The molecular weight excluding hydrogens is 280 g/mol. The second kappa shape index (κ2) is 5.40. The van der Waals surface area contributed by atoms with Gasteiger partial charge >= 0.3 is 0 Å². The molecule has 1 aliphatic heterocycles. The zero-order valence-electron chi connectivity index (χ0n) is 13.1. The first-order chi connectivity index (χ1) is 10.5. The van der Waals surface area contributed by atoms with Crippen molar-refractivity contribution in [2.24, 2.45) is 12.8 Å². The Morgan fingerprint density at radius 1 is 1.41 bits per heavy atom. The zero-order valence-corrected chi connectivity index (χ0v) is 13.1. The number of nitrogens with two attached hydrogens (primary N) is 1. The van der Waals surface area contributed by atoms with Gasteiger partial charge in [0, 0.05) is 56.0 Å².